The van der Waals surface area contributed by atoms with Crippen LogP contribution >= 0.6 is 11.6 Å². The van der Waals surface area contributed by atoms with E-state index in [9.17, 15) is 0 Å². The Balaban J connectivity index is 2.82. The van der Waals surface area contributed by atoms with Crippen molar-refractivity contribution >= 4 is 11.6 Å². The maximum absolute atomic E-state index is 6.04. The first-order chi connectivity index (χ1) is 5.66. The molecule has 0 atom stereocenters. The van der Waals surface area contributed by atoms with E-state index >= 15 is 0 Å². The largest absolute Gasteiger partial charge is 0.319 e. The lowest BCUT2D eigenvalue weighted by molar-refractivity contribution is 0.678. The average molecular weight is 188 g/mol. The van der Waals surface area contributed by atoms with Crippen molar-refractivity contribution in [3.8, 4) is 0 Å². The van der Waals surface area contributed by atoms with Crippen molar-refractivity contribution < 1.29 is 0 Å². The molecule has 0 saturated heterocycles. The van der Waals surface area contributed by atoms with Gasteiger partial charge in [-0.25, -0.2) is 0 Å². The Bertz CT molecular complexity index is 268. The Morgan fingerprint density at radius 3 is 2.67 bits per heavy atom. The molecule has 0 aromatic carbocycles. The number of aromatic nitrogens is 2. The minimum absolute atomic E-state index is 0.799. The minimum atomic E-state index is 0.799. The molecular weight excluding hydrogens is 174 g/mol. The predicted octanol–water partition coefficient (Wildman–Crippen LogP) is 1.14. The van der Waals surface area contributed by atoms with Gasteiger partial charge in [0, 0.05) is 20.0 Å². The van der Waals surface area contributed by atoms with Crippen molar-refractivity contribution in [2.45, 2.75) is 13.3 Å². The van der Waals surface area contributed by atoms with Gasteiger partial charge >= 0.3 is 0 Å². The van der Waals surface area contributed by atoms with E-state index in [-0.39, 0.29) is 0 Å². The SMILES string of the molecule is CNCCc1c(Cl)c(C)nn1C. The standard InChI is InChI=1S/C8H14ClN3/c1-6-8(9)7(4-5-10-2)12(3)11-6/h10H,4-5H2,1-3H3. The zero-order valence-electron chi connectivity index (χ0n) is 7.69. The molecule has 0 unspecified atom stereocenters. The van der Waals surface area contributed by atoms with Crippen LogP contribution in [0.2, 0.25) is 5.02 Å². The van der Waals surface area contributed by atoms with Crippen LogP contribution in [-0.4, -0.2) is 23.4 Å². The van der Waals surface area contributed by atoms with Crippen LogP contribution in [0.3, 0.4) is 0 Å². The van der Waals surface area contributed by atoms with Gasteiger partial charge in [0.25, 0.3) is 0 Å². The Morgan fingerprint density at radius 2 is 2.25 bits per heavy atom. The van der Waals surface area contributed by atoms with Gasteiger partial charge in [-0.3, -0.25) is 4.68 Å². The normalized spacial score (nSPS) is 10.7. The Morgan fingerprint density at radius 1 is 1.58 bits per heavy atom. The molecule has 0 radical (unpaired) electrons. The van der Waals surface area contributed by atoms with Crippen LogP contribution in [0.25, 0.3) is 0 Å². The summed E-state index contributed by atoms with van der Waals surface area (Å²) >= 11 is 6.04. The topological polar surface area (TPSA) is 29.9 Å². The van der Waals surface area contributed by atoms with Gasteiger partial charge in [-0.2, -0.15) is 5.10 Å². The third kappa shape index (κ3) is 1.79. The monoisotopic (exact) mass is 187 g/mol. The van der Waals surface area contributed by atoms with Gasteiger partial charge in [0.1, 0.15) is 0 Å². The van der Waals surface area contributed by atoms with Crippen molar-refractivity contribution in [1.82, 2.24) is 15.1 Å². The van der Waals surface area contributed by atoms with E-state index in [1.807, 2.05) is 25.7 Å². The number of aryl methyl sites for hydroxylation is 2. The van der Waals surface area contributed by atoms with E-state index in [4.69, 9.17) is 11.6 Å². The van der Waals surface area contributed by atoms with Gasteiger partial charge in [0.2, 0.25) is 0 Å². The van der Waals surface area contributed by atoms with Gasteiger partial charge in [-0.15, -0.1) is 0 Å². The Hall–Kier alpha value is -0.540. The molecule has 0 fully saturated rings. The third-order valence-electron chi connectivity index (χ3n) is 1.87. The summed E-state index contributed by atoms with van der Waals surface area (Å²) in [6.45, 7) is 2.85. The van der Waals surface area contributed by atoms with E-state index in [2.05, 4.69) is 10.4 Å². The van der Waals surface area contributed by atoms with Gasteiger partial charge < -0.3 is 5.32 Å². The fourth-order valence-corrected chi connectivity index (χ4v) is 1.45. The lowest BCUT2D eigenvalue weighted by Crippen LogP contribution is -2.12. The summed E-state index contributed by atoms with van der Waals surface area (Å²) in [5.41, 5.74) is 2.01. The van der Waals surface area contributed by atoms with Crippen molar-refractivity contribution in [3.63, 3.8) is 0 Å². The summed E-state index contributed by atoms with van der Waals surface area (Å²) < 4.78 is 1.84. The van der Waals surface area contributed by atoms with Crippen LogP contribution < -0.4 is 5.32 Å². The summed E-state index contributed by atoms with van der Waals surface area (Å²) in [5, 5.41) is 8.10. The molecule has 0 amide bonds. The lowest BCUT2D eigenvalue weighted by Gasteiger charge is -2.00. The summed E-state index contributed by atoms with van der Waals surface area (Å²) in [5.74, 6) is 0. The second-order valence-corrected chi connectivity index (χ2v) is 3.20. The van der Waals surface area contributed by atoms with Crippen LogP contribution in [0.1, 0.15) is 11.4 Å². The molecule has 1 rings (SSSR count). The molecule has 1 heterocycles. The molecule has 4 heteroatoms. The molecule has 0 spiro atoms. The van der Waals surface area contributed by atoms with Crippen LogP contribution in [0.4, 0.5) is 0 Å². The molecule has 1 aromatic rings. The number of hydrogen-bond donors (Lipinski definition) is 1. The van der Waals surface area contributed by atoms with Crippen molar-refractivity contribution in [3.05, 3.63) is 16.4 Å². The van der Waals surface area contributed by atoms with Gasteiger partial charge in [0.15, 0.2) is 0 Å². The summed E-state index contributed by atoms with van der Waals surface area (Å²) in [7, 11) is 3.85. The molecular formula is C8H14ClN3. The van der Waals surface area contributed by atoms with Crippen LogP contribution in [-0.2, 0) is 13.5 Å². The Kier molecular flexibility index (Phi) is 3.12. The van der Waals surface area contributed by atoms with Crippen molar-refractivity contribution in [1.29, 1.82) is 0 Å². The predicted molar refractivity (Wildman–Crippen MR) is 50.6 cm³/mol. The fourth-order valence-electron chi connectivity index (χ4n) is 1.20. The van der Waals surface area contributed by atoms with Crippen molar-refractivity contribution in [2.24, 2.45) is 7.05 Å². The molecule has 0 aliphatic rings. The van der Waals surface area contributed by atoms with E-state index in [1.54, 1.807) is 0 Å². The Labute approximate surface area is 77.7 Å². The maximum Gasteiger partial charge on any atom is 0.0847 e. The molecule has 1 N–H and O–H groups in total. The van der Waals surface area contributed by atoms with Gasteiger partial charge in [-0.05, 0) is 14.0 Å². The number of likely N-dealkylation sites (N-methyl/N-ethyl adjacent to an activating group) is 1. The van der Waals surface area contributed by atoms with Crippen molar-refractivity contribution in [2.75, 3.05) is 13.6 Å². The maximum atomic E-state index is 6.04. The molecule has 0 aliphatic heterocycles. The smallest absolute Gasteiger partial charge is 0.0847 e. The van der Waals surface area contributed by atoms with Crippen LogP contribution in [0.15, 0.2) is 0 Å². The first-order valence-corrected chi connectivity index (χ1v) is 4.37. The molecule has 68 valence electrons. The average Bonchev–Trinajstić information content (AvgIpc) is 2.25. The second-order valence-electron chi connectivity index (χ2n) is 2.82. The van der Waals surface area contributed by atoms with Crippen LogP contribution in [0, 0.1) is 6.92 Å². The molecule has 3 nitrogen and oxygen atoms in total. The number of hydrogen-bond acceptors (Lipinski definition) is 2. The van der Waals surface area contributed by atoms with Crippen LogP contribution in [0.5, 0.6) is 0 Å². The highest BCUT2D eigenvalue weighted by Gasteiger charge is 2.09. The molecule has 1 aromatic heterocycles. The first-order valence-electron chi connectivity index (χ1n) is 3.99. The quantitative estimate of drug-likeness (QED) is 0.770. The molecule has 0 aliphatic carbocycles. The molecule has 12 heavy (non-hydrogen) atoms. The summed E-state index contributed by atoms with van der Waals surface area (Å²) in [6.07, 6.45) is 0.923. The highest BCUT2D eigenvalue weighted by Crippen LogP contribution is 2.19. The van der Waals surface area contributed by atoms with Gasteiger partial charge in [-0.1, -0.05) is 11.6 Å². The lowest BCUT2D eigenvalue weighted by atomic mass is 10.3. The zero-order valence-corrected chi connectivity index (χ0v) is 8.44. The number of rotatable bonds is 3. The summed E-state index contributed by atoms with van der Waals surface area (Å²) in [4.78, 5) is 0. The molecule has 0 bridgehead atoms. The van der Waals surface area contributed by atoms with E-state index in [1.165, 1.54) is 0 Å². The number of nitrogens with one attached hydrogen (secondary N) is 1. The highest BCUT2D eigenvalue weighted by molar-refractivity contribution is 6.31. The minimum Gasteiger partial charge on any atom is -0.319 e. The van der Waals surface area contributed by atoms with E-state index < -0.39 is 0 Å². The van der Waals surface area contributed by atoms with Gasteiger partial charge in [0.05, 0.1) is 16.4 Å². The zero-order chi connectivity index (χ0) is 9.14. The highest BCUT2D eigenvalue weighted by atomic mass is 35.5. The first kappa shape index (κ1) is 9.55. The van der Waals surface area contributed by atoms with E-state index in [0.29, 0.717) is 0 Å². The second kappa shape index (κ2) is 3.92. The third-order valence-corrected chi connectivity index (χ3v) is 2.37. The number of halogens is 1. The fraction of sp³-hybridized carbons (Fsp3) is 0.625. The summed E-state index contributed by atoms with van der Waals surface area (Å²) in [6, 6.07) is 0. The number of nitrogens with zero attached hydrogens (tertiary/aromatic N) is 2. The molecule has 0 saturated carbocycles. The van der Waals surface area contributed by atoms with E-state index in [0.717, 1.165) is 29.4 Å².